The maximum atomic E-state index is 12.1. The highest BCUT2D eigenvalue weighted by Crippen LogP contribution is 2.19. The monoisotopic (exact) mass is 300 g/mol. The Balaban J connectivity index is 2.11. The van der Waals surface area contributed by atoms with Gasteiger partial charge in [0.1, 0.15) is 4.90 Å². The molecular weight excluding hydrogens is 288 g/mol. The summed E-state index contributed by atoms with van der Waals surface area (Å²) in [5.74, 6) is 0. The lowest BCUT2D eigenvalue weighted by molar-refractivity contribution is 0.494. The smallest absolute Gasteiger partial charge is 0.243 e. The first-order valence-electron chi connectivity index (χ1n) is 5.58. The molecule has 0 aliphatic heterocycles. The van der Waals surface area contributed by atoms with Crippen molar-refractivity contribution in [3.63, 3.8) is 0 Å². The minimum absolute atomic E-state index is 0.0241. The Kier molecular flexibility index (Phi) is 4.18. The van der Waals surface area contributed by atoms with Crippen LogP contribution in [0.4, 0.5) is 0 Å². The van der Waals surface area contributed by atoms with Gasteiger partial charge in [0, 0.05) is 30.8 Å². The molecule has 0 bridgehead atoms. The first-order chi connectivity index (χ1) is 8.99. The van der Waals surface area contributed by atoms with Gasteiger partial charge in [0.25, 0.3) is 0 Å². The van der Waals surface area contributed by atoms with Crippen molar-refractivity contribution in [3.05, 3.63) is 41.9 Å². The Bertz CT molecular complexity index is 642. The largest absolute Gasteiger partial charge is 0.271 e. The summed E-state index contributed by atoms with van der Waals surface area (Å²) in [6.45, 7) is 2.19. The lowest BCUT2D eigenvalue weighted by Gasteiger charge is -2.14. The highest BCUT2D eigenvalue weighted by molar-refractivity contribution is 7.89. The molecule has 1 N–H and O–H groups in total. The second kappa shape index (κ2) is 5.68. The molecule has 19 heavy (non-hydrogen) atoms. The third-order valence-electron chi connectivity index (χ3n) is 2.40. The summed E-state index contributed by atoms with van der Waals surface area (Å²) in [7, 11) is -3.68. The van der Waals surface area contributed by atoms with Gasteiger partial charge in [0.05, 0.1) is 11.6 Å². The van der Waals surface area contributed by atoms with Gasteiger partial charge in [-0.05, 0) is 19.1 Å². The molecule has 2 aromatic rings. The van der Waals surface area contributed by atoms with Gasteiger partial charge in [-0.2, -0.15) is 5.10 Å². The van der Waals surface area contributed by atoms with Crippen LogP contribution in [0, 0.1) is 0 Å². The van der Waals surface area contributed by atoms with Crippen LogP contribution in [0.15, 0.2) is 41.8 Å². The molecule has 0 aromatic carbocycles. The summed E-state index contributed by atoms with van der Waals surface area (Å²) in [5, 5.41) is 4.17. The fourth-order valence-electron chi connectivity index (χ4n) is 1.62. The lowest BCUT2D eigenvalue weighted by atomic mass is 10.4. The predicted molar refractivity (Wildman–Crippen MR) is 71.3 cm³/mol. The molecule has 0 aliphatic rings. The first-order valence-corrected chi connectivity index (χ1v) is 7.44. The molecule has 0 radical (unpaired) electrons. The van der Waals surface area contributed by atoms with Crippen molar-refractivity contribution in [1.29, 1.82) is 0 Å². The van der Waals surface area contributed by atoms with Gasteiger partial charge in [-0.1, -0.05) is 11.6 Å². The van der Waals surface area contributed by atoms with Gasteiger partial charge < -0.3 is 0 Å². The van der Waals surface area contributed by atoms with E-state index in [0.29, 0.717) is 6.54 Å². The van der Waals surface area contributed by atoms with Crippen molar-refractivity contribution in [2.75, 3.05) is 0 Å². The number of rotatable bonds is 5. The Morgan fingerprint density at radius 1 is 1.47 bits per heavy atom. The number of halogens is 1. The second-order valence-corrected chi connectivity index (χ2v) is 6.15. The van der Waals surface area contributed by atoms with Crippen LogP contribution in [0.25, 0.3) is 0 Å². The number of pyridine rings is 1. The fraction of sp³-hybridized carbons (Fsp3) is 0.273. The van der Waals surface area contributed by atoms with Crippen LogP contribution >= 0.6 is 11.6 Å². The highest BCUT2D eigenvalue weighted by atomic mass is 35.5. The zero-order valence-corrected chi connectivity index (χ0v) is 11.8. The van der Waals surface area contributed by atoms with E-state index in [-0.39, 0.29) is 16.0 Å². The Hall–Kier alpha value is -1.44. The summed E-state index contributed by atoms with van der Waals surface area (Å²) in [6, 6.07) is 2.90. The number of aromatic nitrogens is 3. The number of nitrogens with zero attached hydrogens (tertiary/aromatic N) is 3. The Morgan fingerprint density at radius 2 is 2.26 bits per heavy atom. The maximum absolute atomic E-state index is 12.1. The van der Waals surface area contributed by atoms with Crippen LogP contribution < -0.4 is 4.72 Å². The van der Waals surface area contributed by atoms with Gasteiger partial charge in [0.15, 0.2) is 0 Å². The molecule has 102 valence electrons. The lowest BCUT2D eigenvalue weighted by Crippen LogP contribution is -2.36. The van der Waals surface area contributed by atoms with Crippen LogP contribution in [0.1, 0.15) is 6.92 Å². The quantitative estimate of drug-likeness (QED) is 0.903. The minimum atomic E-state index is -3.68. The minimum Gasteiger partial charge on any atom is -0.271 e. The molecule has 0 amide bonds. The molecule has 0 aliphatic carbocycles. The standard InChI is InChI=1S/C11H13ClN4O2S/c1-9(8-16-6-2-4-14-16)15-19(17,18)11-7-13-5-3-10(11)12/h2-7,9,15H,8H2,1H3. The van der Waals surface area contributed by atoms with E-state index in [2.05, 4.69) is 14.8 Å². The van der Waals surface area contributed by atoms with E-state index in [4.69, 9.17) is 11.6 Å². The highest BCUT2D eigenvalue weighted by Gasteiger charge is 2.20. The third-order valence-corrected chi connectivity index (χ3v) is 4.46. The van der Waals surface area contributed by atoms with Crippen LogP contribution in [-0.4, -0.2) is 29.2 Å². The summed E-state index contributed by atoms with van der Waals surface area (Å²) in [5.41, 5.74) is 0. The summed E-state index contributed by atoms with van der Waals surface area (Å²) in [6.07, 6.45) is 6.07. The molecule has 0 saturated heterocycles. The van der Waals surface area contributed by atoms with E-state index in [9.17, 15) is 8.42 Å². The van der Waals surface area contributed by atoms with Crippen LogP contribution in [0.2, 0.25) is 5.02 Å². The third kappa shape index (κ3) is 3.52. The first kappa shape index (κ1) is 14.0. The van der Waals surface area contributed by atoms with Crippen LogP contribution in [0.5, 0.6) is 0 Å². The summed E-state index contributed by atoms with van der Waals surface area (Å²) >= 11 is 5.86. The van der Waals surface area contributed by atoms with E-state index in [0.717, 1.165) is 0 Å². The van der Waals surface area contributed by atoms with Crippen molar-refractivity contribution in [1.82, 2.24) is 19.5 Å². The number of nitrogens with one attached hydrogen (secondary N) is 1. The molecule has 2 heterocycles. The zero-order valence-electron chi connectivity index (χ0n) is 10.2. The molecule has 2 aromatic heterocycles. The number of sulfonamides is 1. The van der Waals surface area contributed by atoms with E-state index >= 15 is 0 Å². The second-order valence-electron chi connectivity index (χ2n) is 4.06. The predicted octanol–water partition coefficient (Wildman–Crippen LogP) is 1.30. The molecular formula is C11H13ClN4O2S. The maximum Gasteiger partial charge on any atom is 0.243 e. The van der Waals surface area contributed by atoms with Crippen molar-refractivity contribution < 1.29 is 8.42 Å². The van der Waals surface area contributed by atoms with Gasteiger partial charge in [-0.15, -0.1) is 0 Å². The van der Waals surface area contributed by atoms with Crippen molar-refractivity contribution >= 4 is 21.6 Å². The molecule has 0 spiro atoms. The van der Waals surface area contributed by atoms with Crippen molar-refractivity contribution in [2.24, 2.45) is 0 Å². The summed E-state index contributed by atoms with van der Waals surface area (Å²) in [4.78, 5) is 3.75. The van der Waals surface area contributed by atoms with Gasteiger partial charge in [-0.3, -0.25) is 9.67 Å². The topological polar surface area (TPSA) is 76.9 Å². The molecule has 0 saturated carbocycles. The average Bonchev–Trinajstić information content (AvgIpc) is 2.81. The molecule has 1 atom stereocenters. The average molecular weight is 301 g/mol. The van der Waals surface area contributed by atoms with Gasteiger partial charge in [-0.25, -0.2) is 13.1 Å². The molecule has 8 heteroatoms. The van der Waals surface area contributed by atoms with Gasteiger partial charge in [0.2, 0.25) is 10.0 Å². The van der Waals surface area contributed by atoms with Crippen LogP contribution in [0.3, 0.4) is 0 Å². The zero-order chi connectivity index (χ0) is 13.9. The number of hydrogen-bond acceptors (Lipinski definition) is 4. The Morgan fingerprint density at radius 3 is 2.89 bits per heavy atom. The van der Waals surface area contributed by atoms with Crippen LogP contribution in [-0.2, 0) is 16.6 Å². The van der Waals surface area contributed by atoms with E-state index in [1.165, 1.54) is 18.5 Å². The normalized spacial score (nSPS) is 13.4. The Labute approximate surface area is 116 Å². The van der Waals surface area contributed by atoms with Gasteiger partial charge >= 0.3 is 0 Å². The summed E-state index contributed by atoms with van der Waals surface area (Å²) < 4.78 is 28.4. The molecule has 0 fully saturated rings. The SMILES string of the molecule is CC(Cn1cccn1)NS(=O)(=O)c1cnccc1Cl. The van der Waals surface area contributed by atoms with E-state index in [1.807, 2.05) is 0 Å². The van der Waals surface area contributed by atoms with E-state index in [1.54, 1.807) is 30.1 Å². The molecule has 1 unspecified atom stereocenters. The van der Waals surface area contributed by atoms with Crippen molar-refractivity contribution in [2.45, 2.75) is 24.4 Å². The molecule has 6 nitrogen and oxygen atoms in total. The van der Waals surface area contributed by atoms with Crippen molar-refractivity contribution in [3.8, 4) is 0 Å². The van der Waals surface area contributed by atoms with E-state index < -0.39 is 10.0 Å². The number of hydrogen-bond donors (Lipinski definition) is 1. The fourth-order valence-corrected chi connectivity index (χ4v) is 3.28. The molecule has 2 rings (SSSR count).